The fourth-order valence-electron chi connectivity index (χ4n) is 2.67. The van der Waals surface area contributed by atoms with E-state index in [1.54, 1.807) is 0 Å². The van der Waals surface area contributed by atoms with Gasteiger partial charge < -0.3 is 9.80 Å². The van der Waals surface area contributed by atoms with Crippen LogP contribution in [0.5, 0.6) is 0 Å². The van der Waals surface area contributed by atoms with Gasteiger partial charge >= 0.3 is 0 Å². The summed E-state index contributed by atoms with van der Waals surface area (Å²) in [5.74, 6) is 0. The van der Waals surface area contributed by atoms with Crippen molar-refractivity contribution in [1.82, 2.24) is 9.80 Å². The Morgan fingerprint density at radius 2 is 1.04 bits per heavy atom. The zero-order chi connectivity index (χ0) is 19.8. The third-order valence-corrected chi connectivity index (χ3v) is 6.07. The van der Waals surface area contributed by atoms with Gasteiger partial charge in [0.05, 0.1) is 0 Å². The minimum Gasteiger partial charge on any atom is -0.350 e. The van der Waals surface area contributed by atoms with E-state index in [-0.39, 0.29) is 0 Å². The Kier molecular flexibility index (Phi) is 8.74. The fourth-order valence-corrected chi connectivity index (χ4v) is 4.79. The second-order valence-electron chi connectivity index (χ2n) is 7.05. The smallest absolute Gasteiger partial charge is 0.143 e. The highest BCUT2D eigenvalue weighted by Crippen LogP contribution is 2.22. The minimum absolute atomic E-state index is 0.314. The molecule has 0 saturated heterocycles. The molecule has 0 radical (unpaired) electrons. The average Bonchev–Trinajstić information content (AvgIpc) is 2.65. The second-order valence-corrected chi connectivity index (χ2v) is 9.32. The lowest BCUT2D eigenvalue weighted by molar-refractivity contribution is 0.352. The van der Waals surface area contributed by atoms with Crippen LogP contribution in [0.15, 0.2) is 60.7 Å². The van der Waals surface area contributed by atoms with Gasteiger partial charge in [0, 0.05) is 25.2 Å². The van der Waals surface area contributed by atoms with E-state index in [1.165, 1.54) is 22.9 Å². The van der Waals surface area contributed by atoms with Gasteiger partial charge in [-0.1, -0.05) is 85.1 Å². The molecule has 144 valence electrons. The number of thioether (sulfide) groups is 1. The summed E-state index contributed by atoms with van der Waals surface area (Å²) in [5.41, 5.74) is 2.51. The topological polar surface area (TPSA) is 6.48 Å². The van der Waals surface area contributed by atoms with Gasteiger partial charge in [-0.05, 0) is 50.6 Å². The SMILES string of the molecule is CC(C)N(Cc1ccccc1)C(=S)SC(=S)N(Cc1ccccc1)C(C)C. The first kappa shape index (κ1) is 21.9. The van der Waals surface area contributed by atoms with Crippen LogP contribution >= 0.6 is 36.2 Å². The molecule has 0 spiro atoms. The van der Waals surface area contributed by atoms with Crippen molar-refractivity contribution in [3.63, 3.8) is 0 Å². The van der Waals surface area contributed by atoms with E-state index in [4.69, 9.17) is 24.4 Å². The van der Waals surface area contributed by atoms with Crippen LogP contribution < -0.4 is 0 Å². The Morgan fingerprint density at radius 1 is 0.704 bits per heavy atom. The summed E-state index contributed by atoms with van der Waals surface area (Å²) in [6.07, 6.45) is 0. The molecule has 0 aliphatic carbocycles. The summed E-state index contributed by atoms with van der Waals surface area (Å²) in [7, 11) is 0. The van der Waals surface area contributed by atoms with E-state index in [9.17, 15) is 0 Å². The molecular weight excluding hydrogens is 388 g/mol. The van der Waals surface area contributed by atoms with E-state index in [2.05, 4.69) is 86.0 Å². The van der Waals surface area contributed by atoms with Crippen LogP contribution in [-0.2, 0) is 13.1 Å². The Hall–Kier alpha value is -1.43. The average molecular weight is 417 g/mol. The number of nitrogens with zero attached hydrogens (tertiary/aromatic N) is 2. The number of hydrogen-bond acceptors (Lipinski definition) is 3. The summed E-state index contributed by atoms with van der Waals surface area (Å²) in [4.78, 5) is 4.48. The predicted molar refractivity (Wildman–Crippen MR) is 127 cm³/mol. The summed E-state index contributed by atoms with van der Waals surface area (Å²) in [5, 5.41) is 0. The molecule has 0 fully saturated rings. The van der Waals surface area contributed by atoms with Crippen LogP contribution in [0.25, 0.3) is 0 Å². The zero-order valence-electron chi connectivity index (χ0n) is 16.5. The van der Waals surface area contributed by atoms with Crippen LogP contribution in [0.2, 0.25) is 0 Å². The Morgan fingerprint density at radius 3 is 1.33 bits per heavy atom. The summed E-state index contributed by atoms with van der Waals surface area (Å²) in [6.45, 7) is 10.3. The molecule has 27 heavy (non-hydrogen) atoms. The van der Waals surface area contributed by atoms with Crippen molar-refractivity contribution >= 4 is 44.8 Å². The van der Waals surface area contributed by atoms with Crippen LogP contribution in [0, 0.1) is 0 Å². The van der Waals surface area contributed by atoms with Gasteiger partial charge in [-0.2, -0.15) is 0 Å². The van der Waals surface area contributed by atoms with E-state index < -0.39 is 0 Å². The van der Waals surface area contributed by atoms with Gasteiger partial charge in [0.1, 0.15) is 8.64 Å². The fraction of sp³-hybridized carbons (Fsp3) is 0.364. The molecule has 0 aliphatic rings. The molecule has 0 bridgehead atoms. The highest BCUT2D eigenvalue weighted by atomic mass is 32.2. The monoisotopic (exact) mass is 416 g/mol. The molecule has 0 amide bonds. The minimum atomic E-state index is 0.314. The van der Waals surface area contributed by atoms with Crippen LogP contribution in [-0.4, -0.2) is 30.5 Å². The number of thiocarbonyl (C=S) groups is 2. The van der Waals surface area contributed by atoms with E-state index in [0.717, 1.165) is 21.7 Å². The Labute approximate surface area is 178 Å². The van der Waals surface area contributed by atoms with Crippen molar-refractivity contribution in [1.29, 1.82) is 0 Å². The molecule has 0 aliphatic heterocycles. The molecule has 0 unspecified atom stereocenters. The number of benzene rings is 2. The molecule has 2 aromatic carbocycles. The highest BCUT2D eigenvalue weighted by Gasteiger charge is 2.21. The summed E-state index contributed by atoms with van der Waals surface area (Å²) < 4.78 is 1.66. The summed E-state index contributed by atoms with van der Waals surface area (Å²) in [6, 6.07) is 21.5. The molecule has 0 saturated carbocycles. The molecule has 2 aromatic rings. The Bertz CT molecular complexity index is 666. The standard InChI is InChI=1S/C22H28N2S3/c1-17(2)23(15-19-11-7-5-8-12-19)21(25)27-22(26)24(18(3)4)16-20-13-9-6-10-14-20/h5-14,17-18H,15-16H2,1-4H3. The van der Waals surface area contributed by atoms with Crippen molar-refractivity contribution in [3.05, 3.63) is 71.8 Å². The first-order chi connectivity index (χ1) is 12.9. The largest absolute Gasteiger partial charge is 0.350 e. The number of hydrogen-bond donors (Lipinski definition) is 0. The molecule has 0 N–H and O–H groups in total. The molecule has 0 atom stereocenters. The lowest BCUT2D eigenvalue weighted by Crippen LogP contribution is -2.38. The normalized spacial score (nSPS) is 10.9. The molecule has 2 rings (SSSR count). The maximum Gasteiger partial charge on any atom is 0.143 e. The molecule has 5 heteroatoms. The van der Waals surface area contributed by atoms with Crippen molar-refractivity contribution in [2.75, 3.05) is 0 Å². The van der Waals surface area contributed by atoms with Crippen LogP contribution in [0.1, 0.15) is 38.8 Å². The van der Waals surface area contributed by atoms with Crippen LogP contribution in [0.3, 0.4) is 0 Å². The molecule has 0 aromatic heterocycles. The lowest BCUT2D eigenvalue weighted by Gasteiger charge is -2.33. The van der Waals surface area contributed by atoms with Gasteiger partial charge in [-0.15, -0.1) is 0 Å². The first-order valence-corrected chi connectivity index (χ1v) is 10.9. The molecular formula is C22H28N2S3. The van der Waals surface area contributed by atoms with Gasteiger partial charge in [0.25, 0.3) is 0 Å². The molecule has 0 heterocycles. The predicted octanol–water partition coefficient (Wildman–Crippen LogP) is 6.11. The van der Waals surface area contributed by atoms with Crippen molar-refractivity contribution in [2.24, 2.45) is 0 Å². The van der Waals surface area contributed by atoms with E-state index >= 15 is 0 Å². The van der Waals surface area contributed by atoms with Crippen molar-refractivity contribution in [2.45, 2.75) is 52.9 Å². The third kappa shape index (κ3) is 6.91. The van der Waals surface area contributed by atoms with Gasteiger partial charge in [-0.3, -0.25) is 0 Å². The Balaban J connectivity index is 2.06. The highest BCUT2D eigenvalue weighted by molar-refractivity contribution is 8.37. The van der Waals surface area contributed by atoms with Gasteiger partial charge in [-0.25, -0.2) is 0 Å². The van der Waals surface area contributed by atoms with Gasteiger partial charge in [0.2, 0.25) is 0 Å². The lowest BCUT2D eigenvalue weighted by atomic mass is 10.2. The van der Waals surface area contributed by atoms with E-state index in [1.807, 2.05) is 12.1 Å². The maximum absolute atomic E-state index is 5.77. The van der Waals surface area contributed by atoms with Crippen LogP contribution in [0.4, 0.5) is 0 Å². The quantitative estimate of drug-likeness (QED) is 0.523. The second kappa shape index (κ2) is 10.8. The van der Waals surface area contributed by atoms with Crippen molar-refractivity contribution in [3.8, 4) is 0 Å². The van der Waals surface area contributed by atoms with Crippen molar-refractivity contribution < 1.29 is 0 Å². The third-order valence-electron chi connectivity index (χ3n) is 4.28. The zero-order valence-corrected chi connectivity index (χ0v) is 18.9. The van der Waals surface area contributed by atoms with E-state index in [0.29, 0.717) is 12.1 Å². The number of rotatable bonds is 6. The maximum atomic E-state index is 5.77. The summed E-state index contributed by atoms with van der Waals surface area (Å²) >= 11 is 13.1. The first-order valence-electron chi connectivity index (χ1n) is 9.25. The van der Waals surface area contributed by atoms with Gasteiger partial charge in [0.15, 0.2) is 0 Å². The molecule has 2 nitrogen and oxygen atoms in total.